The van der Waals surface area contributed by atoms with Crippen molar-refractivity contribution in [3.05, 3.63) is 59.2 Å². The van der Waals surface area contributed by atoms with E-state index in [1.807, 2.05) is 19.2 Å². The van der Waals surface area contributed by atoms with Gasteiger partial charge in [-0.05, 0) is 37.6 Å². The summed E-state index contributed by atoms with van der Waals surface area (Å²) in [5, 5.41) is 3.41. The molecule has 1 N–H and O–H groups in total. The van der Waals surface area contributed by atoms with Crippen LogP contribution in [0, 0.1) is 13.8 Å². The Morgan fingerprint density at radius 1 is 1.05 bits per heavy atom. The van der Waals surface area contributed by atoms with Crippen LogP contribution in [0.2, 0.25) is 0 Å². The lowest BCUT2D eigenvalue weighted by atomic mass is 10.0. The second-order valence-electron chi connectivity index (χ2n) is 5.65. The quantitative estimate of drug-likeness (QED) is 0.936. The van der Waals surface area contributed by atoms with E-state index in [-0.39, 0.29) is 6.04 Å². The number of piperazine rings is 1. The zero-order chi connectivity index (χ0) is 14.7. The molecule has 4 nitrogen and oxygen atoms in total. The Morgan fingerprint density at radius 2 is 1.86 bits per heavy atom. The number of aromatic nitrogens is 2. The van der Waals surface area contributed by atoms with E-state index >= 15 is 0 Å². The first-order valence-corrected chi connectivity index (χ1v) is 7.55. The van der Waals surface area contributed by atoms with Crippen molar-refractivity contribution >= 4 is 0 Å². The van der Waals surface area contributed by atoms with Crippen LogP contribution in [-0.4, -0.2) is 41.0 Å². The first-order valence-electron chi connectivity index (χ1n) is 7.55. The van der Waals surface area contributed by atoms with Gasteiger partial charge in [-0.1, -0.05) is 12.1 Å². The molecule has 0 spiro atoms. The summed E-state index contributed by atoms with van der Waals surface area (Å²) in [6.45, 7) is 8.20. The largest absolute Gasteiger partial charge is 0.314 e. The number of aryl methyl sites for hydroxylation is 2. The van der Waals surface area contributed by atoms with E-state index in [1.165, 1.54) is 5.56 Å². The van der Waals surface area contributed by atoms with Gasteiger partial charge in [-0.25, -0.2) is 0 Å². The summed E-state index contributed by atoms with van der Waals surface area (Å²) in [6.07, 6.45) is 1.94. The number of hydrogen-bond acceptors (Lipinski definition) is 4. The second kappa shape index (κ2) is 6.33. The summed E-state index contributed by atoms with van der Waals surface area (Å²) >= 11 is 0. The molecule has 2 aromatic heterocycles. The fraction of sp³-hybridized carbons (Fsp3) is 0.412. The molecule has 3 heterocycles. The van der Waals surface area contributed by atoms with Crippen LogP contribution in [-0.2, 0) is 0 Å². The topological polar surface area (TPSA) is 41.1 Å². The predicted octanol–water partition coefficient (Wildman–Crippen LogP) is 2.09. The molecule has 4 heteroatoms. The van der Waals surface area contributed by atoms with E-state index in [0.29, 0.717) is 0 Å². The Hall–Kier alpha value is -1.78. The van der Waals surface area contributed by atoms with Gasteiger partial charge >= 0.3 is 0 Å². The first kappa shape index (κ1) is 14.2. The van der Waals surface area contributed by atoms with E-state index in [1.54, 1.807) is 0 Å². The van der Waals surface area contributed by atoms with Crippen molar-refractivity contribution in [3.8, 4) is 0 Å². The molecule has 1 saturated heterocycles. The Morgan fingerprint density at radius 3 is 2.52 bits per heavy atom. The minimum absolute atomic E-state index is 0.146. The molecule has 110 valence electrons. The molecule has 1 atom stereocenters. The van der Waals surface area contributed by atoms with Gasteiger partial charge in [0.15, 0.2) is 0 Å². The Bertz CT molecular complexity index is 588. The highest BCUT2D eigenvalue weighted by Crippen LogP contribution is 2.26. The number of nitrogens with zero attached hydrogens (tertiary/aromatic N) is 3. The summed E-state index contributed by atoms with van der Waals surface area (Å²) in [7, 11) is 0. The summed E-state index contributed by atoms with van der Waals surface area (Å²) in [4.78, 5) is 11.9. The van der Waals surface area contributed by atoms with Crippen molar-refractivity contribution in [3.63, 3.8) is 0 Å². The van der Waals surface area contributed by atoms with Crippen molar-refractivity contribution in [2.75, 3.05) is 26.2 Å². The lowest BCUT2D eigenvalue weighted by Gasteiger charge is -2.34. The second-order valence-corrected chi connectivity index (χ2v) is 5.65. The molecule has 1 aliphatic heterocycles. The van der Waals surface area contributed by atoms with E-state index in [4.69, 9.17) is 4.98 Å². The molecule has 0 aromatic carbocycles. The van der Waals surface area contributed by atoms with E-state index in [2.05, 4.69) is 46.4 Å². The van der Waals surface area contributed by atoms with Gasteiger partial charge in [0.05, 0.1) is 17.4 Å². The van der Waals surface area contributed by atoms with Gasteiger partial charge in [0.2, 0.25) is 0 Å². The van der Waals surface area contributed by atoms with Crippen molar-refractivity contribution < 1.29 is 0 Å². The van der Waals surface area contributed by atoms with E-state index in [0.717, 1.165) is 43.3 Å². The SMILES string of the molecule is Cc1ccc(C(c2cccc(C)n2)N2CCNCC2)nc1. The molecule has 0 bridgehead atoms. The zero-order valence-corrected chi connectivity index (χ0v) is 12.7. The Balaban J connectivity index is 1.99. The minimum Gasteiger partial charge on any atom is -0.314 e. The molecule has 0 radical (unpaired) electrons. The first-order chi connectivity index (χ1) is 10.2. The molecule has 1 fully saturated rings. The molecular weight excluding hydrogens is 260 g/mol. The van der Waals surface area contributed by atoms with Crippen LogP contribution in [0.15, 0.2) is 36.5 Å². The molecule has 21 heavy (non-hydrogen) atoms. The predicted molar refractivity (Wildman–Crippen MR) is 84.2 cm³/mol. The van der Waals surface area contributed by atoms with Gasteiger partial charge in [0.25, 0.3) is 0 Å². The highest BCUT2D eigenvalue weighted by atomic mass is 15.2. The van der Waals surface area contributed by atoms with Crippen molar-refractivity contribution in [1.29, 1.82) is 0 Å². The number of hydrogen-bond donors (Lipinski definition) is 1. The average Bonchev–Trinajstić information content (AvgIpc) is 2.51. The van der Waals surface area contributed by atoms with Crippen LogP contribution < -0.4 is 5.32 Å². The van der Waals surface area contributed by atoms with Gasteiger partial charge in [0, 0.05) is 38.1 Å². The summed E-state index contributed by atoms with van der Waals surface area (Å²) in [6, 6.07) is 10.6. The highest BCUT2D eigenvalue weighted by molar-refractivity contribution is 5.25. The normalized spacial score (nSPS) is 17.6. The minimum atomic E-state index is 0.146. The third-order valence-electron chi connectivity index (χ3n) is 3.92. The van der Waals surface area contributed by atoms with Gasteiger partial charge in [-0.2, -0.15) is 0 Å². The highest BCUT2D eigenvalue weighted by Gasteiger charge is 2.25. The summed E-state index contributed by atoms with van der Waals surface area (Å²) in [5.41, 5.74) is 4.42. The summed E-state index contributed by atoms with van der Waals surface area (Å²) < 4.78 is 0. The van der Waals surface area contributed by atoms with Crippen molar-refractivity contribution in [1.82, 2.24) is 20.2 Å². The number of rotatable bonds is 3. The fourth-order valence-corrected chi connectivity index (χ4v) is 2.82. The molecule has 1 unspecified atom stereocenters. The summed E-state index contributed by atoms with van der Waals surface area (Å²) in [5.74, 6) is 0. The lowest BCUT2D eigenvalue weighted by Crippen LogP contribution is -2.45. The third-order valence-corrected chi connectivity index (χ3v) is 3.92. The fourth-order valence-electron chi connectivity index (χ4n) is 2.82. The average molecular weight is 282 g/mol. The van der Waals surface area contributed by atoms with Crippen molar-refractivity contribution in [2.24, 2.45) is 0 Å². The van der Waals surface area contributed by atoms with Crippen LogP contribution >= 0.6 is 0 Å². The van der Waals surface area contributed by atoms with Crippen LogP contribution in [0.25, 0.3) is 0 Å². The molecule has 0 aliphatic carbocycles. The van der Waals surface area contributed by atoms with Gasteiger partial charge < -0.3 is 5.32 Å². The van der Waals surface area contributed by atoms with Crippen LogP contribution in [0.1, 0.15) is 28.7 Å². The van der Waals surface area contributed by atoms with Crippen LogP contribution in [0.5, 0.6) is 0 Å². The smallest absolute Gasteiger partial charge is 0.0950 e. The monoisotopic (exact) mass is 282 g/mol. The molecular formula is C17H22N4. The molecule has 0 amide bonds. The van der Waals surface area contributed by atoms with Crippen LogP contribution in [0.4, 0.5) is 0 Å². The van der Waals surface area contributed by atoms with Crippen molar-refractivity contribution in [2.45, 2.75) is 19.9 Å². The maximum atomic E-state index is 4.75. The third kappa shape index (κ3) is 3.28. The van der Waals surface area contributed by atoms with E-state index < -0.39 is 0 Å². The number of pyridine rings is 2. The molecule has 2 aromatic rings. The lowest BCUT2D eigenvalue weighted by molar-refractivity contribution is 0.192. The van der Waals surface area contributed by atoms with Gasteiger partial charge in [0.1, 0.15) is 0 Å². The molecule has 1 aliphatic rings. The van der Waals surface area contributed by atoms with E-state index in [9.17, 15) is 0 Å². The maximum Gasteiger partial charge on any atom is 0.0950 e. The Kier molecular flexibility index (Phi) is 4.27. The zero-order valence-electron chi connectivity index (χ0n) is 12.7. The maximum absolute atomic E-state index is 4.75. The number of nitrogens with one attached hydrogen (secondary N) is 1. The van der Waals surface area contributed by atoms with Crippen LogP contribution in [0.3, 0.4) is 0 Å². The standard InChI is InChI=1S/C17H22N4/c1-13-6-7-15(19-12-13)17(21-10-8-18-9-11-21)16-5-3-4-14(2)20-16/h3-7,12,17-18H,8-11H2,1-2H3. The Labute approximate surface area is 126 Å². The van der Waals surface area contributed by atoms with Gasteiger partial charge in [-0.3, -0.25) is 14.9 Å². The van der Waals surface area contributed by atoms with Gasteiger partial charge in [-0.15, -0.1) is 0 Å². The molecule has 3 rings (SSSR count). The molecule has 0 saturated carbocycles.